The number of ether oxygens (including phenoxy) is 6. The highest BCUT2D eigenvalue weighted by Gasteiger charge is 2.53. The summed E-state index contributed by atoms with van der Waals surface area (Å²) < 4.78 is 59.8. The molecular weight excluding hydrogens is 1180 g/mol. The molecule has 494 valence electrons. The highest BCUT2D eigenvalue weighted by Crippen LogP contribution is 2.69. The molecule has 3 fully saturated rings. The van der Waals surface area contributed by atoms with E-state index >= 15 is 0 Å². The molecule has 1 aromatic rings. The molecular formula is C63H97N3O20P2. The standard InChI is InChI=1S/C63H97N3O20P2/c1-38-18-14-13-15-19-39(2)52(81-10)36-48-27-21-44(7)63(74,86-48)58(70)59(71)66-29-17-16-20-49(66)60(72)84-53(37-50(67)40(3)33-43(6)56(69)57(83-12)55(68)42(5)32-38)41(4)34-45-22-28-51(54(35-45)82-11)85-62(73)65(9)31-30-64(8)47-25-23-46(24-26-47)61(87(75,76)77)88(78,79)80/h13-15,18-19,23-26,33,38,40-42,44-45,48-49,51-54,56-57,61,69,74H,16-17,20-22,27-32,34-37H2,1-12H3,(H2,75,76,77)(H2,78,79,80)/b15-13?,18-14+,39-19?,43-33+/t38-,40-,41-,42-,44-,45+,48+,49?,51-,52+,53+,54-,56-,57+,63-/m1/s1. The van der Waals surface area contributed by atoms with Gasteiger partial charge < -0.3 is 72.9 Å². The lowest BCUT2D eigenvalue weighted by molar-refractivity contribution is -0.265. The first-order valence-corrected chi connectivity index (χ1v) is 33.9. The van der Waals surface area contributed by atoms with E-state index in [0.29, 0.717) is 69.0 Å². The summed E-state index contributed by atoms with van der Waals surface area (Å²) in [4.78, 5) is 128. The van der Waals surface area contributed by atoms with Crippen LogP contribution in [0.4, 0.5) is 10.5 Å². The lowest BCUT2D eigenvalue weighted by Crippen LogP contribution is -2.61. The molecule has 0 radical (unpaired) electrons. The van der Waals surface area contributed by atoms with Crippen molar-refractivity contribution in [3.63, 3.8) is 0 Å². The van der Waals surface area contributed by atoms with Gasteiger partial charge in [-0.25, -0.2) is 9.59 Å². The Kier molecular flexibility index (Phi) is 27.8. The average molecular weight is 1280 g/mol. The van der Waals surface area contributed by atoms with Crippen molar-refractivity contribution in [2.24, 2.45) is 35.5 Å². The molecule has 2 amide bonds. The van der Waals surface area contributed by atoms with E-state index in [1.165, 1.54) is 43.4 Å². The van der Waals surface area contributed by atoms with Gasteiger partial charge >= 0.3 is 27.3 Å². The molecule has 5 rings (SSSR count). The normalized spacial score (nSPS) is 32.3. The highest BCUT2D eigenvalue weighted by atomic mass is 31.2. The average Bonchev–Trinajstić information content (AvgIpc) is 3.51. The zero-order chi connectivity index (χ0) is 65.6. The summed E-state index contributed by atoms with van der Waals surface area (Å²) in [7, 11) is -2.72. The largest absolute Gasteiger partial charge is 0.460 e. The van der Waals surface area contributed by atoms with Gasteiger partial charge in [0.2, 0.25) is 5.79 Å². The van der Waals surface area contributed by atoms with Gasteiger partial charge in [-0.15, -0.1) is 0 Å². The lowest BCUT2D eigenvalue weighted by atomic mass is 9.78. The number of fused-ring (bicyclic) bond motifs is 3. The third kappa shape index (κ3) is 19.9. The van der Waals surface area contributed by atoms with Crippen LogP contribution in [0.3, 0.4) is 0 Å². The fourth-order valence-corrected chi connectivity index (χ4v) is 15.1. The number of esters is 1. The van der Waals surface area contributed by atoms with E-state index < -0.39 is 123 Å². The fourth-order valence-electron chi connectivity index (χ4n) is 12.5. The van der Waals surface area contributed by atoms with Crippen LogP contribution < -0.4 is 4.90 Å². The monoisotopic (exact) mass is 1280 g/mol. The molecule has 23 nitrogen and oxygen atoms in total. The number of anilines is 1. The van der Waals surface area contributed by atoms with Gasteiger partial charge in [0, 0.05) is 91.3 Å². The minimum absolute atomic E-state index is 0.0212. The number of carbonyl (C=O) groups is 6. The van der Waals surface area contributed by atoms with Crippen LogP contribution in [0.1, 0.15) is 136 Å². The maximum Gasteiger partial charge on any atom is 0.409 e. The molecule has 0 aromatic heterocycles. The number of Topliss-reactive ketones (excluding diaryl/α,β-unsaturated/α-hetero) is 3. The fraction of sp³-hybridized carbons (Fsp3) is 0.683. The number of cyclic esters (lactones) is 1. The molecule has 3 aliphatic heterocycles. The number of methoxy groups -OCH3 is 3. The second-order valence-corrected chi connectivity index (χ2v) is 28.7. The quantitative estimate of drug-likeness (QED) is 0.0449. The summed E-state index contributed by atoms with van der Waals surface area (Å²) in [5, 5.41) is 21.4. The first kappa shape index (κ1) is 74.0. The second-order valence-electron chi connectivity index (χ2n) is 24.9. The van der Waals surface area contributed by atoms with Gasteiger partial charge in [-0.3, -0.25) is 28.3 Å². The van der Waals surface area contributed by atoms with Crippen LogP contribution in [0.2, 0.25) is 0 Å². The van der Waals surface area contributed by atoms with E-state index in [1.807, 2.05) is 51.2 Å². The number of benzene rings is 1. The summed E-state index contributed by atoms with van der Waals surface area (Å²) in [5.74, 6) is -8.92. The van der Waals surface area contributed by atoms with Crippen LogP contribution in [0.25, 0.3) is 0 Å². The Bertz CT molecular complexity index is 2760. The molecule has 1 aromatic carbocycles. The number of nitrogens with zero attached hydrogens (tertiary/aromatic N) is 3. The van der Waals surface area contributed by atoms with Crippen molar-refractivity contribution in [1.82, 2.24) is 9.80 Å². The summed E-state index contributed by atoms with van der Waals surface area (Å²) in [6.45, 7) is 12.9. The van der Waals surface area contributed by atoms with Crippen LogP contribution in [0.15, 0.2) is 71.9 Å². The third-order valence-electron chi connectivity index (χ3n) is 18.1. The first-order valence-electron chi connectivity index (χ1n) is 30.6. The van der Waals surface area contributed by atoms with Crippen molar-refractivity contribution in [1.29, 1.82) is 0 Å². The number of allylic oxidation sites excluding steroid dienone is 6. The minimum Gasteiger partial charge on any atom is -0.460 e. The van der Waals surface area contributed by atoms with Crippen molar-refractivity contribution in [3.8, 4) is 0 Å². The molecule has 3 heterocycles. The van der Waals surface area contributed by atoms with Crippen molar-refractivity contribution in [2.45, 2.75) is 185 Å². The van der Waals surface area contributed by atoms with Crippen LogP contribution in [0, 0.1) is 35.5 Å². The molecule has 1 saturated carbocycles. The third-order valence-corrected chi connectivity index (χ3v) is 21.7. The van der Waals surface area contributed by atoms with Crippen LogP contribution in [-0.2, 0) is 61.5 Å². The zero-order valence-electron chi connectivity index (χ0n) is 53.2. The van der Waals surface area contributed by atoms with Gasteiger partial charge in [-0.2, -0.15) is 0 Å². The summed E-state index contributed by atoms with van der Waals surface area (Å²) >= 11 is 0. The number of amides is 2. The Hall–Kier alpha value is -4.74. The SMILES string of the molecule is CO[C@H]1C[C@@H]2CC[C@@H](C)[C@@](O)(O2)C(=O)C(=O)N2CCCCC2C(=O)O[C@H]([C@H](C)C[C@@H]2CC[C@@H](OC(=O)N(C)CCN(C)c3ccc(C(P(=O)(O)O)P(=O)(O)O)cc3)[C@H](OC)C2)CC(=O)[C@H](C)/C=C(\C)[C@@H](O)[C@@H](OC)C(=O)[C@H](C)C[C@H](C)/C=C/C=CC=C1C. The Balaban J connectivity index is 1.36. The minimum atomic E-state index is -5.20. The van der Waals surface area contributed by atoms with E-state index in [1.54, 1.807) is 59.9 Å². The topological polar surface area (TPSA) is 323 Å². The number of aliphatic hydroxyl groups is 2. The highest BCUT2D eigenvalue weighted by molar-refractivity contribution is 7.70. The Morgan fingerprint density at radius 3 is 2.10 bits per heavy atom. The van der Waals surface area contributed by atoms with Gasteiger partial charge in [-0.1, -0.05) is 83.2 Å². The van der Waals surface area contributed by atoms with Gasteiger partial charge in [0.05, 0.1) is 18.3 Å². The lowest BCUT2D eigenvalue weighted by Gasteiger charge is -2.42. The Morgan fingerprint density at radius 2 is 1.48 bits per heavy atom. The number of piperidine rings is 1. The Labute approximate surface area is 518 Å². The van der Waals surface area contributed by atoms with E-state index in [0.717, 1.165) is 10.5 Å². The summed E-state index contributed by atoms with van der Waals surface area (Å²) in [5.41, 5.74) is 1.50. The van der Waals surface area contributed by atoms with Crippen LogP contribution >= 0.6 is 15.2 Å². The van der Waals surface area contributed by atoms with Crippen molar-refractivity contribution in [2.75, 3.05) is 60.0 Å². The van der Waals surface area contributed by atoms with E-state index in [9.17, 15) is 67.7 Å². The number of hydrogen-bond donors (Lipinski definition) is 6. The smallest absolute Gasteiger partial charge is 0.409 e. The molecule has 2 bridgehead atoms. The number of aliphatic hydroxyl groups excluding tert-OH is 1. The van der Waals surface area contributed by atoms with Gasteiger partial charge in [0.15, 0.2) is 11.2 Å². The summed E-state index contributed by atoms with van der Waals surface area (Å²) in [6.07, 6.45) is 8.71. The van der Waals surface area contributed by atoms with Crippen molar-refractivity contribution >= 4 is 56.2 Å². The molecule has 25 heteroatoms. The number of carbonyl (C=O) groups excluding carboxylic acids is 6. The number of likely N-dealkylation sites (N-methyl/N-ethyl adjacent to an activating group) is 2. The predicted molar refractivity (Wildman–Crippen MR) is 329 cm³/mol. The van der Waals surface area contributed by atoms with E-state index in [2.05, 4.69) is 0 Å². The predicted octanol–water partition coefficient (Wildman–Crippen LogP) is 7.75. The summed E-state index contributed by atoms with van der Waals surface area (Å²) in [6, 6.07) is 4.15. The van der Waals surface area contributed by atoms with Crippen LogP contribution in [-0.4, -0.2) is 185 Å². The molecule has 0 spiro atoms. The van der Waals surface area contributed by atoms with E-state index in [4.69, 9.17) is 28.4 Å². The number of hydrogen-bond acceptors (Lipinski definition) is 17. The molecule has 2 saturated heterocycles. The molecule has 88 heavy (non-hydrogen) atoms. The maximum atomic E-state index is 14.7. The van der Waals surface area contributed by atoms with Gasteiger partial charge in [0.25, 0.3) is 11.7 Å². The molecule has 4 aliphatic rings. The van der Waals surface area contributed by atoms with Gasteiger partial charge in [-0.05, 0) is 125 Å². The van der Waals surface area contributed by atoms with Crippen LogP contribution in [0.5, 0.6) is 0 Å². The molecule has 15 atom stereocenters. The zero-order valence-corrected chi connectivity index (χ0v) is 55.0. The van der Waals surface area contributed by atoms with Gasteiger partial charge in [0.1, 0.15) is 36.2 Å². The molecule has 1 unspecified atom stereocenters. The molecule has 6 N–H and O–H groups in total. The first-order chi connectivity index (χ1) is 41.2. The number of ketones is 3. The molecule has 1 aliphatic carbocycles. The van der Waals surface area contributed by atoms with Crippen molar-refractivity contribution < 1.29 is 96.1 Å². The maximum absolute atomic E-state index is 14.7. The Morgan fingerprint density at radius 1 is 0.807 bits per heavy atom. The number of rotatable bonds is 14. The second kappa shape index (κ2) is 33.0. The van der Waals surface area contributed by atoms with E-state index in [-0.39, 0.29) is 67.9 Å². The van der Waals surface area contributed by atoms with Crippen molar-refractivity contribution in [3.05, 3.63) is 77.4 Å².